The third-order valence-electron chi connectivity index (χ3n) is 2.21. The molecular formula is C12H19N5O. The molecule has 0 aliphatic rings. The molecule has 0 aromatic carbocycles. The predicted octanol–water partition coefficient (Wildman–Crippen LogP) is 1.56. The zero-order valence-electron chi connectivity index (χ0n) is 10.9. The summed E-state index contributed by atoms with van der Waals surface area (Å²) in [5.41, 5.74) is 0. The van der Waals surface area contributed by atoms with Gasteiger partial charge in [0.05, 0.1) is 12.5 Å². The Hall–Kier alpha value is -1.87. The monoisotopic (exact) mass is 249 g/mol. The van der Waals surface area contributed by atoms with Gasteiger partial charge in [0.1, 0.15) is 17.5 Å². The summed E-state index contributed by atoms with van der Waals surface area (Å²) >= 11 is 0. The quantitative estimate of drug-likeness (QED) is 0.680. The highest BCUT2D eigenvalue weighted by Gasteiger charge is 2.01. The molecular weight excluding hydrogens is 230 g/mol. The average molecular weight is 249 g/mol. The molecule has 1 aromatic rings. The second kappa shape index (κ2) is 8.25. The summed E-state index contributed by atoms with van der Waals surface area (Å²) in [6, 6.07) is 3.92. The molecule has 0 spiro atoms. The van der Waals surface area contributed by atoms with Crippen LogP contribution in [0.15, 0.2) is 6.07 Å². The van der Waals surface area contributed by atoms with E-state index < -0.39 is 0 Å². The van der Waals surface area contributed by atoms with Crippen LogP contribution in [0.3, 0.4) is 0 Å². The minimum atomic E-state index is 0.458. The maximum absolute atomic E-state index is 8.47. The minimum absolute atomic E-state index is 0.458. The van der Waals surface area contributed by atoms with Gasteiger partial charge < -0.3 is 15.4 Å². The third kappa shape index (κ3) is 5.46. The molecule has 0 atom stereocenters. The summed E-state index contributed by atoms with van der Waals surface area (Å²) in [4.78, 5) is 8.55. The molecule has 6 nitrogen and oxygen atoms in total. The Morgan fingerprint density at radius 2 is 1.94 bits per heavy atom. The Morgan fingerprint density at radius 1 is 1.28 bits per heavy atom. The first-order chi connectivity index (χ1) is 8.76. The summed E-state index contributed by atoms with van der Waals surface area (Å²) in [7, 11) is 1.69. The van der Waals surface area contributed by atoms with E-state index in [-0.39, 0.29) is 0 Å². The molecule has 0 aliphatic carbocycles. The van der Waals surface area contributed by atoms with Crippen molar-refractivity contribution in [3.8, 4) is 6.07 Å². The molecule has 0 fully saturated rings. The van der Waals surface area contributed by atoms with Gasteiger partial charge in [0.25, 0.3) is 0 Å². The lowest BCUT2D eigenvalue weighted by atomic mass is 10.4. The number of hydrogen-bond acceptors (Lipinski definition) is 6. The maximum Gasteiger partial charge on any atom is 0.131 e. The summed E-state index contributed by atoms with van der Waals surface area (Å²) < 4.78 is 4.98. The number of nitriles is 1. The topological polar surface area (TPSA) is 82.9 Å². The first kappa shape index (κ1) is 14.2. The van der Waals surface area contributed by atoms with Crippen molar-refractivity contribution in [2.75, 3.05) is 37.4 Å². The highest BCUT2D eigenvalue weighted by molar-refractivity contribution is 5.47. The summed E-state index contributed by atoms with van der Waals surface area (Å²) in [6.07, 6.45) is 1.39. The van der Waals surface area contributed by atoms with Crippen LogP contribution in [-0.2, 0) is 4.74 Å². The molecule has 2 N–H and O–H groups in total. The molecule has 1 heterocycles. The van der Waals surface area contributed by atoms with E-state index in [4.69, 9.17) is 10.00 Å². The lowest BCUT2D eigenvalue weighted by Crippen LogP contribution is -2.09. The van der Waals surface area contributed by atoms with Crippen LogP contribution >= 0.6 is 0 Å². The molecule has 0 radical (unpaired) electrons. The highest BCUT2D eigenvalue weighted by atomic mass is 16.5. The molecule has 98 valence electrons. The lowest BCUT2D eigenvalue weighted by Gasteiger charge is -2.09. The fourth-order valence-corrected chi connectivity index (χ4v) is 1.43. The van der Waals surface area contributed by atoms with E-state index in [9.17, 15) is 0 Å². The standard InChI is InChI=1S/C12H19N5O/c1-10-16-11(14-6-3-5-13)9-12(17-10)15-7-4-8-18-2/h9H,3-4,6-8H2,1-2H3,(H2,14,15,16,17). The highest BCUT2D eigenvalue weighted by Crippen LogP contribution is 2.10. The van der Waals surface area contributed by atoms with E-state index in [0.717, 1.165) is 31.2 Å². The molecule has 6 heteroatoms. The van der Waals surface area contributed by atoms with Crippen molar-refractivity contribution in [1.29, 1.82) is 5.26 Å². The van der Waals surface area contributed by atoms with E-state index in [2.05, 4.69) is 26.7 Å². The van der Waals surface area contributed by atoms with Crippen LogP contribution in [0.1, 0.15) is 18.7 Å². The van der Waals surface area contributed by atoms with Gasteiger partial charge in [-0.2, -0.15) is 5.26 Å². The number of methoxy groups -OCH3 is 1. The van der Waals surface area contributed by atoms with E-state index in [0.29, 0.717) is 18.8 Å². The number of ether oxygens (including phenoxy) is 1. The van der Waals surface area contributed by atoms with Crippen molar-refractivity contribution in [3.05, 3.63) is 11.9 Å². The van der Waals surface area contributed by atoms with E-state index in [1.165, 1.54) is 0 Å². The number of anilines is 2. The molecule has 0 saturated carbocycles. The number of rotatable bonds is 8. The van der Waals surface area contributed by atoms with Crippen LogP contribution in [0.4, 0.5) is 11.6 Å². The molecule has 0 aliphatic heterocycles. The van der Waals surface area contributed by atoms with Crippen LogP contribution in [0.2, 0.25) is 0 Å². The fourth-order valence-electron chi connectivity index (χ4n) is 1.43. The van der Waals surface area contributed by atoms with Crippen molar-refractivity contribution in [1.82, 2.24) is 9.97 Å². The first-order valence-electron chi connectivity index (χ1n) is 5.95. The van der Waals surface area contributed by atoms with Gasteiger partial charge in [-0.3, -0.25) is 0 Å². The van der Waals surface area contributed by atoms with Gasteiger partial charge in [-0.1, -0.05) is 0 Å². The Balaban J connectivity index is 2.49. The van der Waals surface area contributed by atoms with Crippen molar-refractivity contribution in [3.63, 3.8) is 0 Å². The molecule has 0 amide bonds. The van der Waals surface area contributed by atoms with E-state index >= 15 is 0 Å². The maximum atomic E-state index is 8.47. The predicted molar refractivity (Wildman–Crippen MR) is 70.5 cm³/mol. The number of nitrogens with one attached hydrogen (secondary N) is 2. The Bertz CT molecular complexity index is 402. The van der Waals surface area contributed by atoms with Crippen molar-refractivity contribution < 1.29 is 4.74 Å². The zero-order chi connectivity index (χ0) is 13.2. The average Bonchev–Trinajstić information content (AvgIpc) is 2.34. The third-order valence-corrected chi connectivity index (χ3v) is 2.21. The number of hydrogen-bond donors (Lipinski definition) is 2. The largest absolute Gasteiger partial charge is 0.385 e. The van der Waals surface area contributed by atoms with Gasteiger partial charge >= 0.3 is 0 Å². The van der Waals surface area contributed by atoms with Gasteiger partial charge in [-0.15, -0.1) is 0 Å². The summed E-state index contributed by atoms with van der Waals surface area (Å²) in [5, 5.41) is 14.8. The van der Waals surface area contributed by atoms with Crippen LogP contribution in [0, 0.1) is 18.3 Å². The van der Waals surface area contributed by atoms with E-state index in [1.807, 2.05) is 13.0 Å². The van der Waals surface area contributed by atoms with Gasteiger partial charge in [0, 0.05) is 32.9 Å². The van der Waals surface area contributed by atoms with Crippen LogP contribution in [0.5, 0.6) is 0 Å². The smallest absolute Gasteiger partial charge is 0.131 e. The Labute approximate surface area is 107 Å². The fraction of sp³-hybridized carbons (Fsp3) is 0.583. The van der Waals surface area contributed by atoms with Crippen molar-refractivity contribution >= 4 is 11.6 Å². The molecule has 0 saturated heterocycles. The van der Waals surface area contributed by atoms with Gasteiger partial charge in [-0.05, 0) is 13.3 Å². The second-order valence-corrected chi connectivity index (χ2v) is 3.79. The minimum Gasteiger partial charge on any atom is -0.385 e. The van der Waals surface area contributed by atoms with Crippen molar-refractivity contribution in [2.45, 2.75) is 19.8 Å². The van der Waals surface area contributed by atoms with Gasteiger partial charge in [0.2, 0.25) is 0 Å². The van der Waals surface area contributed by atoms with Crippen LogP contribution in [-0.4, -0.2) is 36.8 Å². The summed E-state index contributed by atoms with van der Waals surface area (Å²) in [5.74, 6) is 2.23. The van der Waals surface area contributed by atoms with E-state index in [1.54, 1.807) is 7.11 Å². The molecule has 1 rings (SSSR count). The number of aromatic nitrogens is 2. The Morgan fingerprint density at radius 3 is 2.56 bits per heavy atom. The van der Waals surface area contributed by atoms with Crippen LogP contribution in [0.25, 0.3) is 0 Å². The number of nitrogens with zero attached hydrogens (tertiary/aromatic N) is 3. The first-order valence-corrected chi connectivity index (χ1v) is 5.95. The van der Waals surface area contributed by atoms with Crippen LogP contribution < -0.4 is 10.6 Å². The number of aryl methyl sites for hydroxylation is 1. The second-order valence-electron chi connectivity index (χ2n) is 3.79. The van der Waals surface area contributed by atoms with Crippen molar-refractivity contribution in [2.24, 2.45) is 0 Å². The molecule has 0 bridgehead atoms. The van der Waals surface area contributed by atoms with Gasteiger partial charge in [0.15, 0.2) is 0 Å². The van der Waals surface area contributed by atoms with Gasteiger partial charge in [-0.25, -0.2) is 9.97 Å². The normalized spacial score (nSPS) is 9.83. The molecule has 1 aromatic heterocycles. The molecule has 18 heavy (non-hydrogen) atoms. The lowest BCUT2D eigenvalue weighted by molar-refractivity contribution is 0.198. The Kier molecular flexibility index (Phi) is 6.51. The SMILES string of the molecule is COCCCNc1cc(NCCC#N)nc(C)n1. The zero-order valence-corrected chi connectivity index (χ0v) is 10.9. The molecule has 0 unspecified atom stereocenters. The summed E-state index contributed by atoms with van der Waals surface area (Å²) in [6.45, 7) is 3.97.